The molecule has 1 amide bonds. The van der Waals surface area contributed by atoms with Gasteiger partial charge in [-0.2, -0.15) is 0 Å². The summed E-state index contributed by atoms with van der Waals surface area (Å²) in [6, 6.07) is 6.83. The Morgan fingerprint density at radius 1 is 1.20 bits per heavy atom. The number of hydrogen-bond acceptors (Lipinski definition) is 5. The van der Waals surface area contributed by atoms with Gasteiger partial charge in [-0.25, -0.2) is 4.98 Å². The van der Waals surface area contributed by atoms with Crippen molar-refractivity contribution in [3.8, 4) is 11.5 Å². The van der Waals surface area contributed by atoms with Crippen LogP contribution in [0.15, 0.2) is 29.1 Å². The fraction of sp³-hybridized carbons (Fsp3) is 0.389. The Morgan fingerprint density at radius 3 is 2.72 bits per heavy atom. The van der Waals surface area contributed by atoms with Crippen LogP contribution in [0.2, 0.25) is 0 Å². The summed E-state index contributed by atoms with van der Waals surface area (Å²) in [5.74, 6) is 2.12. The van der Waals surface area contributed by atoms with E-state index in [1.165, 1.54) is 0 Å². The summed E-state index contributed by atoms with van der Waals surface area (Å²) >= 11 is 0. The molecule has 2 aromatic rings. The third-order valence-electron chi connectivity index (χ3n) is 4.70. The highest BCUT2D eigenvalue weighted by Gasteiger charge is 2.26. The Kier molecular flexibility index (Phi) is 3.91. The normalized spacial score (nSPS) is 16.9. The fourth-order valence-corrected chi connectivity index (χ4v) is 3.40. The van der Waals surface area contributed by atoms with Gasteiger partial charge in [0, 0.05) is 30.6 Å². The van der Waals surface area contributed by atoms with Crippen molar-refractivity contribution in [1.82, 2.24) is 14.9 Å². The second-order valence-electron chi connectivity index (χ2n) is 6.39. The van der Waals surface area contributed by atoms with Crippen LogP contribution in [0.3, 0.4) is 0 Å². The third kappa shape index (κ3) is 3.09. The lowest BCUT2D eigenvalue weighted by Crippen LogP contribution is -2.38. The molecule has 0 aliphatic carbocycles. The van der Waals surface area contributed by atoms with E-state index in [9.17, 15) is 9.59 Å². The highest BCUT2D eigenvalue weighted by Crippen LogP contribution is 2.33. The van der Waals surface area contributed by atoms with Crippen molar-refractivity contribution in [3.63, 3.8) is 0 Å². The van der Waals surface area contributed by atoms with Gasteiger partial charge in [0.15, 0.2) is 11.5 Å². The van der Waals surface area contributed by atoms with Gasteiger partial charge in [-0.05, 0) is 38.0 Å². The summed E-state index contributed by atoms with van der Waals surface area (Å²) < 4.78 is 10.6. The summed E-state index contributed by atoms with van der Waals surface area (Å²) in [6.07, 6.45) is 1.60. The highest BCUT2D eigenvalue weighted by molar-refractivity contribution is 5.95. The molecule has 25 heavy (non-hydrogen) atoms. The average molecular weight is 341 g/mol. The van der Waals surface area contributed by atoms with Crippen molar-refractivity contribution < 1.29 is 14.3 Å². The molecule has 0 saturated carbocycles. The number of likely N-dealkylation sites (tertiary alicyclic amines) is 1. The topological polar surface area (TPSA) is 84.5 Å². The molecule has 0 atom stereocenters. The van der Waals surface area contributed by atoms with E-state index < -0.39 is 0 Å². The number of amides is 1. The van der Waals surface area contributed by atoms with Crippen LogP contribution in [0.4, 0.5) is 0 Å². The largest absolute Gasteiger partial charge is 0.454 e. The Balaban J connectivity index is 1.44. The zero-order valence-corrected chi connectivity index (χ0v) is 13.9. The number of aryl methyl sites for hydroxylation is 1. The molecule has 0 spiro atoms. The number of ether oxygens (including phenoxy) is 2. The van der Waals surface area contributed by atoms with E-state index in [2.05, 4.69) is 9.97 Å². The predicted molar refractivity (Wildman–Crippen MR) is 90.0 cm³/mol. The number of benzene rings is 1. The van der Waals surface area contributed by atoms with Crippen molar-refractivity contribution in [2.24, 2.45) is 0 Å². The van der Waals surface area contributed by atoms with Crippen molar-refractivity contribution in [2.45, 2.75) is 25.7 Å². The number of piperidine rings is 1. The fourth-order valence-electron chi connectivity index (χ4n) is 3.40. The Hall–Kier alpha value is -2.83. The smallest absolute Gasteiger partial charge is 0.253 e. The number of fused-ring (bicyclic) bond motifs is 1. The van der Waals surface area contributed by atoms with Crippen LogP contribution in [0, 0.1) is 6.92 Å². The molecule has 2 aliphatic heterocycles. The second-order valence-corrected chi connectivity index (χ2v) is 6.39. The molecule has 7 nitrogen and oxygen atoms in total. The minimum absolute atomic E-state index is 0.00759. The van der Waals surface area contributed by atoms with E-state index in [0.717, 1.165) is 18.5 Å². The zero-order chi connectivity index (χ0) is 17.4. The summed E-state index contributed by atoms with van der Waals surface area (Å²) in [5, 5.41) is 0. The molecule has 1 aromatic heterocycles. The van der Waals surface area contributed by atoms with Crippen LogP contribution >= 0.6 is 0 Å². The summed E-state index contributed by atoms with van der Waals surface area (Å²) in [7, 11) is 0. The molecule has 2 aliphatic rings. The maximum atomic E-state index is 12.7. The first-order chi connectivity index (χ1) is 12.1. The van der Waals surface area contributed by atoms with Gasteiger partial charge in [0.05, 0.1) is 5.69 Å². The minimum atomic E-state index is -0.124. The van der Waals surface area contributed by atoms with Gasteiger partial charge in [-0.15, -0.1) is 0 Å². The van der Waals surface area contributed by atoms with E-state index >= 15 is 0 Å². The van der Waals surface area contributed by atoms with Gasteiger partial charge in [0.25, 0.3) is 11.5 Å². The predicted octanol–water partition coefficient (Wildman–Crippen LogP) is 1.83. The maximum Gasteiger partial charge on any atom is 0.253 e. The SMILES string of the molecule is Cc1nc(C2CCN(C(=O)c3ccc4c(c3)OCO4)CC2)cc(=O)[nH]1. The van der Waals surface area contributed by atoms with Crippen LogP contribution in [0.25, 0.3) is 0 Å². The van der Waals surface area contributed by atoms with E-state index in [-0.39, 0.29) is 24.2 Å². The molecule has 1 saturated heterocycles. The van der Waals surface area contributed by atoms with Gasteiger partial charge in [-0.3, -0.25) is 9.59 Å². The number of rotatable bonds is 2. The third-order valence-corrected chi connectivity index (χ3v) is 4.70. The van der Waals surface area contributed by atoms with Crippen molar-refractivity contribution in [2.75, 3.05) is 19.9 Å². The first-order valence-electron chi connectivity index (χ1n) is 8.37. The molecule has 1 fully saturated rings. The molecule has 130 valence electrons. The number of aromatic nitrogens is 2. The standard InChI is InChI=1S/C18H19N3O4/c1-11-19-14(9-17(22)20-11)12-4-6-21(7-5-12)18(23)13-2-3-15-16(8-13)25-10-24-15/h2-3,8-9,12H,4-7,10H2,1H3,(H,19,20,22). The van der Waals surface area contributed by atoms with Crippen LogP contribution in [-0.4, -0.2) is 40.7 Å². The Morgan fingerprint density at radius 2 is 1.96 bits per heavy atom. The molecule has 0 bridgehead atoms. The lowest BCUT2D eigenvalue weighted by Gasteiger charge is -2.31. The van der Waals surface area contributed by atoms with Crippen molar-refractivity contribution in [1.29, 1.82) is 0 Å². The number of aromatic amines is 1. The molecular formula is C18H19N3O4. The van der Waals surface area contributed by atoms with Gasteiger partial charge in [0.1, 0.15) is 5.82 Å². The Labute approximate surface area is 144 Å². The molecule has 4 rings (SSSR count). The van der Waals surface area contributed by atoms with Crippen molar-refractivity contribution in [3.05, 3.63) is 51.7 Å². The highest BCUT2D eigenvalue weighted by atomic mass is 16.7. The number of H-pyrrole nitrogens is 1. The quantitative estimate of drug-likeness (QED) is 0.901. The first kappa shape index (κ1) is 15.7. The Bertz CT molecular complexity index is 869. The van der Waals surface area contributed by atoms with Crippen molar-refractivity contribution >= 4 is 5.91 Å². The lowest BCUT2D eigenvalue weighted by molar-refractivity contribution is 0.0711. The molecule has 1 N–H and O–H groups in total. The number of carbonyl (C=O) groups is 1. The lowest BCUT2D eigenvalue weighted by atomic mass is 9.93. The summed E-state index contributed by atoms with van der Waals surface area (Å²) in [6.45, 7) is 3.27. The van der Waals surface area contributed by atoms with Crippen LogP contribution < -0.4 is 15.0 Å². The first-order valence-corrected chi connectivity index (χ1v) is 8.37. The number of nitrogens with zero attached hydrogens (tertiary/aromatic N) is 2. The van der Waals surface area contributed by atoms with Crippen LogP contribution in [-0.2, 0) is 0 Å². The molecule has 0 unspecified atom stereocenters. The van der Waals surface area contributed by atoms with E-state index in [1.807, 2.05) is 4.90 Å². The number of carbonyl (C=O) groups excluding carboxylic acids is 1. The maximum absolute atomic E-state index is 12.7. The monoisotopic (exact) mass is 341 g/mol. The van der Waals surface area contributed by atoms with Crippen LogP contribution in [0.1, 0.15) is 40.6 Å². The molecule has 3 heterocycles. The van der Waals surface area contributed by atoms with E-state index in [4.69, 9.17) is 9.47 Å². The summed E-state index contributed by atoms with van der Waals surface area (Å²) in [5.41, 5.74) is 1.30. The summed E-state index contributed by atoms with van der Waals surface area (Å²) in [4.78, 5) is 33.3. The van der Waals surface area contributed by atoms with Gasteiger partial charge >= 0.3 is 0 Å². The minimum Gasteiger partial charge on any atom is -0.454 e. The van der Waals surface area contributed by atoms with E-state index in [1.54, 1.807) is 31.2 Å². The van der Waals surface area contributed by atoms with Gasteiger partial charge in [-0.1, -0.05) is 0 Å². The molecular weight excluding hydrogens is 322 g/mol. The average Bonchev–Trinajstić information content (AvgIpc) is 3.08. The van der Waals surface area contributed by atoms with E-state index in [0.29, 0.717) is 36.0 Å². The molecule has 1 aromatic carbocycles. The molecule has 7 heteroatoms. The number of hydrogen-bond donors (Lipinski definition) is 1. The zero-order valence-electron chi connectivity index (χ0n) is 13.9. The number of nitrogens with one attached hydrogen (secondary N) is 1. The van der Waals surface area contributed by atoms with Gasteiger partial charge in [0.2, 0.25) is 6.79 Å². The van der Waals surface area contributed by atoms with Crippen LogP contribution in [0.5, 0.6) is 11.5 Å². The molecule has 0 radical (unpaired) electrons. The second kappa shape index (κ2) is 6.23. The van der Waals surface area contributed by atoms with Gasteiger partial charge < -0.3 is 19.4 Å².